The first-order valence-corrected chi connectivity index (χ1v) is 9.34. The number of amides is 1. The predicted octanol–water partition coefficient (Wildman–Crippen LogP) is 2.84. The number of carbonyl (C=O) groups is 1. The lowest BCUT2D eigenvalue weighted by Crippen LogP contribution is -2.43. The largest absolute Gasteiger partial charge is 0.444 e. The van der Waals surface area contributed by atoms with Gasteiger partial charge >= 0.3 is 6.09 Å². The van der Waals surface area contributed by atoms with Gasteiger partial charge in [0.2, 0.25) is 0 Å². The summed E-state index contributed by atoms with van der Waals surface area (Å²) in [6, 6.07) is 0. The maximum Gasteiger partial charge on any atom is 0.410 e. The summed E-state index contributed by atoms with van der Waals surface area (Å²) >= 11 is 0. The molecule has 1 atom stereocenters. The van der Waals surface area contributed by atoms with Crippen LogP contribution in [0.2, 0.25) is 0 Å². The molecule has 0 bridgehead atoms. The first kappa shape index (κ1) is 25.2. The van der Waals surface area contributed by atoms with E-state index in [1.165, 1.54) is 0 Å². The number of guanidine groups is 1. The predicted molar refractivity (Wildman–Crippen MR) is 116 cm³/mol. The normalized spacial score (nSPS) is 18.1. The van der Waals surface area contributed by atoms with Crippen LogP contribution in [0.4, 0.5) is 4.79 Å². The van der Waals surface area contributed by atoms with Crippen molar-refractivity contribution in [1.29, 1.82) is 0 Å². The lowest BCUT2D eigenvalue weighted by molar-refractivity contribution is 0.0163. The minimum Gasteiger partial charge on any atom is -0.444 e. The highest BCUT2D eigenvalue weighted by Gasteiger charge is 2.27. The van der Waals surface area contributed by atoms with Crippen LogP contribution in [0.1, 0.15) is 47.0 Å². The molecule has 0 aromatic rings. The van der Waals surface area contributed by atoms with Gasteiger partial charge in [0.1, 0.15) is 5.60 Å². The first-order valence-electron chi connectivity index (χ1n) is 9.34. The van der Waals surface area contributed by atoms with Gasteiger partial charge < -0.3 is 25.0 Å². The van der Waals surface area contributed by atoms with E-state index in [2.05, 4.69) is 15.6 Å². The molecule has 0 aromatic carbocycles. The van der Waals surface area contributed by atoms with Crippen molar-refractivity contribution >= 4 is 36.0 Å². The van der Waals surface area contributed by atoms with E-state index in [4.69, 9.17) is 9.47 Å². The number of methoxy groups -OCH3 is 1. The monoisotopic (exact) mass is 484 g/mol. The van der Waals surface area contributed by atoms with E-state index in [1.807, 2.05) is 32.6 Å². The third kappa shape index (κ3) is 11.1. The number of halogens is 1. The molecular weight excluding hydrogens is 447 g/mol. The average Bonchev–Trinajstić information content (AvgIpc) is 2.54. The molecule has 1 rings (SSSR count). The van der Waals surface area contributed by atoms with Crippen LogP contribution in [0.5, 0.6) is 0 Å². The molecule has 1 aliphatic heterocycles. The number of piperidine rings is 1. The summed E-state index contributed by atoms with van der Waals surface area (Å²) in [7, 11) is 1.69. The fourth-order valence-corrected chi connectivity index (χ4v) is 2.77. The van der Waals surface area contributed by atoms with Crippen LogP contribution >= 0.6 is 24.0 Å². The SMILES string of the molecule is CCNC(=NCCC1CCCN(C(=O)OC(C)(C)C)C1)NCCOC.I. The summed E-state index contributed by atoms with van der Waals surface area (Å²) in [6.45, 7) is 12.3. The van der Waals surface area contributed by atoms with Crippen LogP contribution in [0.25, 0.3) is 0 Å². The van der Waals surface area contributed by atoms with E-state index >= 15 is 0 Å². The van der Waals surface area contributed by atoms with Crippen molar-refractivity contribution in [2.45, 2.75) is 52.6 Å². The second-order valence-corrected chi connectivity index (χ2v) is 7.40. The molecule has 8 heteroatoms. The van der Waals surface area contributed by atoms with Gasteiger partial charge in [-0.15, -0.1) is 24.0 Å². The molecule has 2 N–H and O–H groups in total. The zero-order valence-electron chi connectivity index (χ0n) is 17.0. The summed E-state index contributed by atoms with van der Waals surface area (Å²) in [4.78, 5) is 18.7. The van der Waals surface area contributed by atoms with Gasteiger partial charge in [-0.1, -0.05) is 0 Å². The number of likely N-dealkylation sites (tertiary alicyclic amines) is 1. The Balaban J connectivity index is 0.00000625. The van der Waals surface area contributed by atoms with E-state index in [9.17, 15) is 4.79 Å². The second kappa shape index (κ2) is 13.4. The van der Waals surface area contributed by atoms with Gasteiger partial charge in [-0.05, 0) is 52.9 Å². The van der Waals surface area contributed by atoms with Crippen molar-refractivity contribution in [3.8, 4) is 0 Å². The molecule has 0 aromatic heterocycles. The topological polar surface area (TPSA) is 75.2 Å². The Hall–Kier alpha value is -0.770. The number of aliphatic imine (C=N–C) groups is 1. The molecule has 1 heterocycles. The Morgan fingerprint density at radius 3 is 2.65 bits per heavy atom. The van der Waals surface area contributed by atoms with E-state index in [-0.39, 0.29) is 30.1 Å². The Morgan fingerprint density at radius 1 is 1.31 bits per heavy atom. The summed E-state index contributed by atoms with van der Waals surface area (Å²) in [5, 5.41) is 6.47. The molecule has 0 aliphatic carbocycles. The molecule has 0 radical (unpaired) electrons. The number of ether oxygens (including phenoxy) is 2. The van der Waals surface area contributed by atoms with Gasteiger partial charge in [0.15, 0.2) is 5.96 Å². The minimum atomic E-state index is -0.442. The standard InChI is InChI=1S/C18H36N4O3.HI/c1-6-19-16(21-11-13-24-5)20-10-9-15-8-7-12-22(14-15)17(23)25-18(2,3)4;/h15H,6-14H2,1-5H3,(H2,19,20,21);1H. The second-order valence-electron chi connectivity index (χ2n) is 7.40. The Morgan fingerprint density at radius 2 is 2.04 bits per heavy atom. The number of hydrogen-bond acceptors (Lipinski definition) is 4. The summed E-state index contributed by atoms with van der Waals surface area (Å²) < 4.78 is 10.5. The fourth-order valence-electron chi connectivity index (χ4n) is 2.77. The third-order valence-electron chi connectivity index (χ3n) is 3.92. The van der Waals surface area contributed by atoms with Crippen molar-refractivity contribution < 1.29 is 14.3 Å². The van der Waals surface area contributed by atoms with E-state index in [0.717, 1.165) is 57.9 Å². The van der Waals surface area contributed by atoms with Crippen LogP contribution in [0.3, 0.4) is 0 Å². The molecule has 1 unspecified atom stereocenters. The van der Waals surface area contributed by atoms with Gasteiger partial charge in [0.25, 0.3) is 0 Å². The zero-order valence-corrected chi connectivity index (χ0v) is 19.3. The molecule has 1 amide bonds. The molecule has 1 saturated heterocycles. The first-order chi connectivity index (χ1) is 11.9. The molecule has 1 fully saturated rings. The van der Waals surface area contributed by atoms with E-state index < -0.39 is 5.60 Å². The van der Waals surface area contributed by atoms with Crippen LogP contribution in [-0.4, -0.2) is 69.0 Å². The Kier molecular flexibility index (Phi) is 13.0. The fraction of sp³-hybridized carbons (Fsp3) is 0.889. The number of rotatable bonds is 7. The molecule has 7 nitrogen and oxygen atoms in total. The maximum atomic E-state index is 12.2. The highest BCUT2D eigenvalue weighted by molar-refractivity contribution is 14.0. The lowest BCUT2D eigenvalue weighted by Gasteiger charge is -2.34. The number of nitrogens with zero attached hydrogens (tertiary/aromatic N) is 2. The molecule has 1 aliphatic rings. The van der Waals surface area contributed by atoms with Crippen LogP contribution in [0, 0.1) is 5.92 Å². The quantitative estimate of drug-likeness (QED) is 0.252. The summed E-state index contributed by atoms with van der Waals surface area (Å²) in [5.41, 5.74) is -0.442. The van der Waals surface area contributed by atoms with E-state index in [0.29, 0.717) is 12.5 Å². The highest BCUT2D eigenvalue weighted by Crippen LogP contribution is 2.21. The van der Waals surface area contributed by atoms with Crippen LogP contribution in [-0.2, 0) is 9.47 Å². The van der Waals surface area contributed by atoms with Crippen LogP contribution in [0.15, 0.2) is 4.99 Å². The van der Waals surface area contributed by atoms with Crippen molar-refractivity contribution in [3.63, 3.8) is 0 Å². The van der Waals surface area contributed by atoms with E-state index in [1.54, 1.807) is 7.11 Å². The Labute approximate surface area is 175 Å². The van der Waals surface area contributed by atoms with Gasteiger partial charge in [0.05, 0.1) is 6.61 Å². The molecule has 154 valence electrons. The Bertz CT molecular complexity index is 427. The molecular formula is C18H37IN4O3. The number of carbonyl (C=O) groups excluding carboxylic acids is 1. The molecule has 0 saturated carbocycles. The maximum absolute atomic E-state index is 12.2. The lowest BCUT2D eigenvalue weighted by atomic mass is 9.95. The van der Waals surface area contributed by atoms with Gasteiger partial charge in [0, 0.05) is 39.8 Å². The van der Waals surface area contributed by atoms with Crippen LogP contribution < -0.4 is 10.6 Å². The zero-order chi connectivity index (χ0) is 18.7. The van der Waals surface area contributed by atoms with Gasteiger partial charge in [-0.3, -0.25) is 4.99 Å². The van der Waals surface area contributed by atoms with Crippen molar-refractivity contribution in [1.82, 2.24) is 15.5 Å². The minimum absolute atomic E-state index is 0. The summed E-state index contributed by atoms with van der Waals surface area (Å²) in [6.07, 6.45) is 2.94. The van der Waals surface area contributed by atoms with Gasteiger partial charge in [-0.2, -0.15) is 0 Å². The van der Waals surface area contributed by atoms with Crippen molar-refractivity contribution in [2.24, 2.45) is 10.9 Å². The third-order valence-corrected chi connectivity index (χ3v) is 3.92. The van der Waals surface area contributed by atoms with Crippen molar-refractivity contribution in [2.75, 3.05) is 46.4 Å². The summed E-state index contributed by atoms with van der Waals surface area (Å²) in [5.74, 6) is 1.30. The number of nitrogens with one attached hydrogen (secondary N) is 2. The van der Waals surface area contributed by atoms with Crippen molar-refractivity contribution in [3.05, 3.63) is 0 Å². The smallest absolute Gasteiger partial charge is 0.410 e. The highest BCUT2D eigenvalue weighted by atomic mass is 127. The average molecular weight is 484 g/mol. The number of hydrogen-bond donors (Lipinski definition) is 2. The van der Waals surface area contributed by atoms with Gasteiger partial charge in [-0.25, -0.2) is 4.79 Å². The molecule has 26 heavy (non-hydrogen) atoms. The molecule has 0 spiro atoms.